The van der Waals surface area contributed by atoms with Crippen LogP contribution in [0.15, 0.2) is 24.4 Å². The molecule has 3 aliphatic rings. The Bertz CT molecular complexity index is 1110. The second-order valence-electron chi connectivity index (χ2n) is 10.1. The van der Waals surface area contributed by atoms with Crippen LogP contribution < -0.4 is 9.80 Å². The van der Waals surface area contributed by atoms with Crippen molar-refractivity contribution >= 4 is 17.5 Å². The minimum atomic E-state index is -1.19. The molecule has 3 fully saturated rings. The number of benzene rings is 1. The fourth-order valence-electron chi connectivity index (χ4n) is 5.24. The number of carbonyl (C=O) groups excluding carboxylic acids is 1. The molecule has 0 saturated carbocycles. The first-order chi connectivity index (χ1) is 18.3. The first-order valence-electron chi connectivity index (χ1n) is 13.0. The standard InChI is InChI=1S/C25H35FN6O6/c1-16-11-22(23(33)24(34)37-16)29(2)6-5-17-13-31(28-27-17)14-19-15-32(25(35)38-19)18-3-4-21(20(26)12-18)30-7-9-36-10-8-30/h3-4,12-13,16,19,22-24,33-34H,5-11,14-15H2,1-2H3/t16-,19+,22+,23-,24?/m1/s1. The van der Waals surface area contributed by atoms with Gasteiger partial charge in [0.25, 0.3) is 0 Å². The van der Waals surface area contributed by atoms with E-state index in [2.05, 4.69) is 10.3 Å². The maximum atomic E-state index is 14.9. The number of aromatic nitrogens is 3. The molecule has 0 bridgehead atoms. The molecule has 1 aromatic heterocycles. The van der Waals surface area contributed by atoms with Crippen LogP contribution in [0.3, 0.4) is 0 Å². The van der Waals surface area contributed by atoms with Crippen molar-refractivity contribution in [2.45, 2.75) is 57.0 Å². The van der Waals surface area contributed by atoms with Crippen LogP contribution in [0, 0.1) is 5.82 Å². The summed E-state index contributed by atoms with van der Waals surface area (Å²) >= 11 is 0. The lowest BCUT2D eigenvalue weighted by Gasteiger charge is -2.40. The first-order valence-corrected chi connectivity index (χ1v) is 13.0. The second kappa shape index (κ2) is 11.5. The minimum Gasteiger partial charge on any atom is -0.442 e. The molecule has 3 saturated heterocycles. The predicted octanol–water partition coefficient (Wildman–Crippen LogP) is 0.610. The van der Waals surface area contributed by atoms with E-state index in [1.807, 2.05) is 23.8 Å². The zero-order valence-corrected chi connectivity index (χ0v) is 21.6. The third-order valence-electron chi connectivity index (χ3n) is 7.36. The number of anilines is 2. The number of morpholine rings is 1. The maximum absolute atomic E-state index is 14.9. The molecule has 3 aliphatic heterocycles. The molecular formula is C25H35FN6O6. The summed E-state index contributed by atoms with van der Waals surface area (Å²) in [5.74, 6) is -0.385. The van der Waals surface area contributed by atoms with E-state index in [0.29, 0.717) is 63.6 Å². The molecule has 5 rings (SSSR count). The lowest BCUT2D eigenvalue weighted by atomic mass is 9.99. The van der Waals surface area contributed by atoms with Gasteiger partial charge in [0.05, 0.1) is 49.5 Å². The first kappa shape index (κ1) is 26.8. The molecule has 5 atom stereocenters. The van der Waals surface area contributed by atoms with E-state index in [9.17, 15) is 19.4 Å². The predicted molar refractivity (Wildman–Crippen MR) is 134 cm³/mol. The van der Waals surface area contributed by atoms with Gasteiger partial charge in [0.15, 0.2) is 6.29 Å². The molecule has 2 aromatic rings. The van der Waals surface area contributed by atoms with E-state index in [1.54, 1.807) is 23.0 Å². The Hall–Kier alpha value is -2.84. The Balaban J connectivity index is 1.14. The molecule has 0 radical (unpaired) electrons. The Labute approximate surface area is 220 Å². The summed E-state index contributed by atoms with van der Waals surface area (Å²) in [6, 6.07) is 4.57. The van der Waals surface area contributed by atoms with Crippen molar-refractivity contribution in [3.05, 3.63) is 35.9 Å². The van der Waals surface area contributed by atoms with E-state index in [1.165, 1.54) is 11.0 Å². The Morgan fingerprint density at radius 1 is 1.24 bits per heavy atom. The average Bonchev–Trinajstić information content (AvgIpc) is 3.51. The highest BCUT2D eigenvalue weighted by Crippen LogP contribution is 2.29. The van der Waals surface area contributed by atoms with Crippen LogP contribution in [-0.2, 0) is 27.2 Å². The van der Waals surface area contributed by atoms with Crippen LogP contribution in [0.5, 0.6) is 0 Å². The molecular weight excluding hydrogens is 499 g/mol. The Kier molecular flexibility index (Phi) is 8.09. The molecule has 0 aliphatic carbocycles. The summed E-state index contributed by atoms with van der Waals surface area (Å²) in [6.45, 7) is 5.44. The highest BCUT2D eigenvalue weighted by Gasteiger charge is 2.37. The molecule has 1 unspecified atom stereocenters. The number of aliphatic hydroxyl groups is 2. The number of likely N-dealkylation sites (N-methyl/N-ethyl adjacent to an activating group) is 1. The molecule has 38 heavy (non-hydrogen) atoms. The van der Waals surface area contributed by atoms with E-state index < -0.39 is 24.6 Å². The summed E-state index contributed by atoms with van der Waals surface area (Å²) in [5, 5.41) is 28.6. The quantitative estimate of drug-likeness (QED) is 0.498. The highest BCUT2D eigenvalue weighted by atomic mass is 19.1. The largest absolute Gasteiger partial charge is 0.442 e. The van der Waals surface area contributed by atoms with Crippen molar-refractivity contribution in [2.24, 2.45) is 0 Å². The topological polar surface area (TPSA) is 126 Å². The van der Waals surface area contributed by atoms with Crippen LogP contribution in [-0.4, -0.2) is 113 Å². The van der Waals surface area contributed by atoms with Crippen molar-refractivity contribution < 1.29 is 33.6 Å². The molecule has 0 spiro atoms. The van der Waals surface area contributed by atoms with Crippen LogP contribution in [0.4, 0.5) is 20.6 Å². The molecule has 2 N–H and O–H groups in total. The number of nitrogens with zero attached hydrogens (tertiary/aromatic N) is 6. The van der Waals surface area contributed by atoms with Gasteiger partial charge in [-0.15, -0.1) is 5.10 Å². The number of rotatable bonds is 8. The fourth-order valence-corrected chi connectivity index (χ4v) is 5.24. The summed E-state index contributed by atoms with van der Waals surface area (Å²) in [7, 11) is 1.89. The van der Waals surface area contributed by atoms with Gasteiger partial charge in [-0.25, -0.2) is 13.9 Å². The van der Waals surface area contributed by atoms with Gasteiger partial charge in [0.2, 0.25) is 0 Å². The van der Waals surface area contributed by atoms with Crippen molar-refractivity contribution in [1.29, 1.82) is 0 Å². The van der Waals surface area contributed by atoms with Gasteiger partial charge in [-0.1, -0.05) is 5.21 Å². The van der Waals surface area contributed by atoms with Crippen molar-refractivity contribution in [3.8, 4) is 0 Å². The van der Waals surface area contributed by atoms with Crippen LogP contribution in [0.2, 0.25) is 0 Å². The fraction of sp³-hybridized carbons (Fsp3) is 0.640. The number of halogens is 1. The van der Waals surface area contributed by atoms with Gasteiger partial charge >= 0.3 is 6.09 Å². The number of hydrogen-bond acceptors (Lipinski definition) is 10. The number of cyclic esters (lactones) is 1. The smallest absolute Gasteiger partial charge is 0.414 e. The Morgan fingerprint density at radius 3 is 2.79 bits per heavy atom. The number of amides is 1. The number of hydrogen-bond donors (Lipinski definition) is 2. The van der Waals surface area contributed by atoms with E-state index >= 15 is 0 Å². The molecule has 12 nitrogen and oxygen atoms in total. The van der Waals surface area contributed by atoms with Gasteiger partial charge < -0.3 is 34.2 Å². The number of ether oxygens (including phenoxy) is 3. The van der Waals surface area contributed by atoms with Crippen LogP contribution in [0.1, 0.15) is 19.0 Å². The van der Waals surface area contributed by atoms with Crippen molar-refractivity contribution in [1.82, 2.24) is 19.9 Å². The zero-order chi connectivity index (χ0) is 26.8. The lowest BCUT2D eigenvalue weighted by Crippen LogP contribution is -2.54. The monoisotopic (exact) mass is 534 g/mol. The summed E-state index contributed by atoms with van der Waals surface area (Å²) < 4.78 is 32.6. The van der Waals surface area contributed by atoms with Crippen LogP contribution >= 0.6 is 0 Å². The van der Waals surface area contributed by atoms with Crippen molar-refractivity contribution in [2.75, 3.05) is 56.2 Å². The van der Waals surface area contributed by atoms with Gasteiger partial charge in [-0.05, 0) is 38.6 Å². The Morgan fingerprint density at radius 2 is 2.03 bits per heavy atom. The normalized spacial score (nSPS) is 28.3. The van der Waals surface area contributed by atoms with E-state index in [0.717, 1.165) is 5.69 Å². The summed E-state index contributed by atoms with van der Waals surface area (Å²) in [5.41, 5.74) is 1.71. The zero-order valence-electron chi connectivity index (χ0n) is 21.6. The molecule has 4 heterocycles. The summed E-state index contributed by atoms with van der Waals surface area (Å²) in [6.07, 6.45) is -0.283. The molecule has 208 valence electrons. The third-order valence-corrected chi connectivity index (χ3v) is 7.36. The average molecular weight is 535 g/mol. The maximum Gasteiger partial charge on any atom is 0.414 e. The highest BCUT2D eigenvalue weighted by molar-refractivity contribution is 5.90. The van der Waals surface area contributed by atoms with E-state index in [-0.39, 0.29) is 24.5 Å². The second-order valence-corrected chi connectivity index (χ2v) is 10.1. The number of carbonyl (C=O) groups is 1. The van der Waals surface area contributed by atoms with Gasteiger partial charge in [-0.3, -0.25) is 4.90 Å². The van der Waals surface area contributed by atoms with Gasteiger partial charge in [0.1, 0.15) is 18.0 Å². The molecule has 1 aromatic carbocycles. The van der Waals surface area contributed by atoms with Crippen LogP contribution in [0.25, 0.3) is 0 Å². The van der Waals surface area contributed by atoms with Gasteiger partial charge in [0, 0.05) is 38.3 Å². The summed E-state index contributed by atoms with van der Waals surface area (Å²) in [4.78, 5) is 17.9. The minimum absolute atomic E-state index is 0.144. The van der Waals surface area contributed by atoms with Crippen molar-refractivity contribution in [3.63, 3.8) is 0 Å². The van der Waals surface area contributed by atoms with E-state index in [4.69, 9.17) is 14.2 Å². The molecule has 1 amide bonds. The molecule has 13 heteroatoms. The SMILES string of the molecule is C[C@@H]1C[C@H](N(C)CCc2cn(C[C@H]3CN(c4ccc(N5CCOCC5)c(F)c4)C(=O)O3)nn2)[C@@H](O)C(O)O1. The third kappa shape index (κ3) is 5.91. The lowest BCUT2D eigenvalue weighted by molar-refractivity contribution is -0.231. The number of aliphatic hydroxyl groups excluding tert-OH is 2. The van der Waals surface area contributed by atoms with Gasteiger partial charge in [-0.2, -0.15) is 0 Å².